The summed E-state index contributed by atoms with van der Waals surface area (Å²) in [5.74, 6) is 1.44. The topological polar surface area (TPSA) is 32.3 Å². The third kappa shape index (κ3) is 3.63. The van der Waals surface area contributed by atoms with E-state index in [0.717, 1.165) is 37.2 Å². The summed E-state index contributed by atoms with van der Waals surface area (Å²) in [5.41, 5.74) is 0.544. The second-order valence-corrected chi connectivity index (χ2v) is 7.07. The molecule has 1 aliphatic carbocycles. The summed E-state index contributed by atoms with van der Waals surface area (Å²) in [4.78, 5) is 13.5. The van der Waals surface area contributed by atoms with E-state index in [1.165, 1.54) is 25.0 Å². The van der Waals surface area contributed by atoms with Gasteiger partial charge in [0.25, 0.3) is 0 Å². The Morgan fingerprint density at radius 2 is 2.04 bits per heavy atom. The van der Waals surface area contributed by atoms with Gasteiger partial charge in [0, 0.05) is 56.5 Å². The standard InChI is InChI=1S/C19H22F2N4/c1-24(18-6-8-22-19(23-18)13-2-3-13)16-7-9-25(12-16)11-14-4-5-15(20)10-17(14)21/h4-6,8,10,13,16H,2-3,7,9,11-12H2,1H3. The monoisotopic (exact) mass is 344 g/mol. The molecular weight excluding hydrogens is 322 g/mol. The quantitative estimate of drug-likeness (QED) is 0.833. The zero-order chi connectivity index (χ0) is 17.4. The average molecular weight is 344 g/mol. The summed E-state index contributed by atoms with van der Waals surface area (Å²) in [7, 11) is 2.06. The molecule has 2 heterocycles. The summed E-state index contributed by atoms with van der Waals surface area (Å²) < 4.78 is 26.9. The molecule has 1 unspecified atom stereocenters. The van der Waals surface area contributed by atoms with Crippen molar-refractivity contribution in [1.29, 1.82) is 0 Å². The lowest BCUT2D eigenvalue weighted by molar-refractivity contribution is 0.319. The van der Waals surface area contributed by atoms with Crippen LogP contribution in [0.2, 0.25) is 0 Å². The predicted molar refractivity (Wildman–Crippen MR) is 92.5 cm³/mol. The second-order valence-electron chi connectivity index (χ2n) is 7.07. The first-order chi connectivity index (χ1) is 12.1. The molecule has 0 amide bonds. The van der Waals surface area contributed by atoms with Crippen molar-refractivity contribution >= 4 is 5.82 Å². The molecule has 1 saturated carbocycles. The molecule has 0 spiro atoms. The number of rotatable bonds is 5. The van der Waals surface area contributed by atoms with Crippen LogP contribution in [0.3, 0.4) is 0 Å². The van der Waals surface area contributed by atoms with Gasteiger partial charge in [-0.2, -0.15) is 0 Å². The van der Waals surface area contributed by atoms with E-state index in [-0.39, 0.29) is 0 Å². The van der Waals surface area contributed by atoms with Crippen LogP contribution in [0.15, 0.2) is 30.5 Å². The number of hydrogen-bond donors (Lipinski definition) is 0. The van der Waals surface area contributed by atoms with Crippen molar-refractivity contribution < 1.29 is 8.78 Å². The number of hydrogen-bond acceptors (Lipinski definition) is 4. The van der Waals surface area contributed by atoms with Gasteiger partial charge in [-0.3, -0.25) is 4.90 Å². The highest BCUT2D eigenvalue weighted by Crippen LogP contribution is 2.38. The van der Waals surface area contributed by atoms with Gasteiger partial charge in [0.1, 0.15) is 23.3 Å². The third-order valence-corrected chi connectivity index (χ3v) is 5.17. The molecule has 132 valence electrons. The van der Waals surface area contributed by atoms with E-state index in [9.17, 15) is 8.78 Å². The SMILES string of the molecule is CN(c1ccnc(C2CC2)n1)C1CCN(Cc2ccc(F)cc2F)C1. The van der Waals surface area contributed by atoms with E-state index >= 15 is 0 Å². The average Bonchev–Trinajstić information content (AvgIpc) is 3.36. The fraction of sp³-hybridized carbons (Fsp3) is 0.474. The van der Waals surface area contributed by atoms with Crippen LogP contribution in [0.4, 0.5) is 14.6 Å². The van der Waals surface area contributed by atoms with Gasteiger partial charge in [0.2, 0.25) is 0 Å². The van der Waals surface area contributed by atoms with Gasteiger partial charge in [-0.15, -0.1) is 0 Å². The van der Waals surface area contributed by atoms with Crippen molar-refractivity contribution in [1.82, 2.24) is 14.9 Å². The minimum atomic E-state index is -0.532. The molecule has 4 nitrogen and oxygen atoms in total. The maximum absolute atomic E-state index is 13.9. The van der Waals surface area contributed by atoms with Crippen molar-refractivity contribution in [3.8, 4) is 0 Å². The number of nitrogens with zero attached hydrogens (tertiary/aromatic N) is 4. The van der Waals surface area contributed by atoms with E-state index in [2.05, 4.69) is 21.8 Å². The predicted octanol–water partition coefficient (Wildman–Crippen LogP) is 3.34. The fourth-order valence-electron chi connectivity index (χ4n) is 3.45. The van der Waals surface area contributed by atoms with Crippen LogP contribution in [0.5, 0.6) is 0 Å². The number of halogens is 2. The van der Waals surface area contributed by atoms with Crippen LogP contribution in [-0.2, 0) is 6.54 Å². The minimum Gasteiger partial charge on any atom is -0.355 e. The van der Waals surface area contributed by atoms with Gasteiger partial charge in [-0.1, -0.05) is 6.07 Å². The molecule has 2 aromatic rings. The van der Waals surface area contributed by atoms with E-state index in [4.69, 9.17) is 4.98 Å². The van der Waals surface area contributed by atoms with Crippen LogP contribution in [0.1, 0.15) is 36.6 Å². The second kappa shape index (κ2) is 6.67. The number of likely N-dealkylation sites (N-methyl/N-ethyl adjacent to an activating group) is 1. The molecule has 6 heteroatoms. The van der Waals surface area contributed by atoms with E-state index in [0.29, 0.717) is 24.1 Å². The Bertz CT molecular complexity index is 763. The largest absolute Gasteiger partial charge is 0.355 e. The molecule has 0 N–H and O–H groups in total. The summed E-state index contributed by atoms with van der Waals surface area (Å²) in [6, 6.07) is 6.10. The Labute approximate surface area is 146 Å². The highest BCUT2D eigenvalue weighted by Gasteiger charge is 2.29. The van der Waals surface area contributed by atoms with E-state index in [1.807, 2.05) is 12.3 Å². The first kappa shape index (κ1) is 16.4. The Hall–Kier alpha value is -2.08. The zero-order valence-corrected chi connectivity index (χ0v) is 14.3. The van der Waals surface area contributed by atoms with Crippen molar-refractivity contribution in [2.45, 2.75) is 37.8 Å². The lowest BCUT2D eigenvalue weighted by atomic mass is 10.2. The first-order valence-corrected chi connectivity index (χ1v) is 8.82. The molecule has 1 atom stereocenters. The molecule has 0 bridgehead atoms. The molecular formula is C19H22F2N4. The zero-order valence-electron chi connectivity index (χ0n) is 14.3. The summed E-state index contributed by atoms with van der Waals surface area (Å²) in [6.07, 6.45) is 5.22. The molecule has 1 aliphatic heterocycles. The summed E-state index contributed by atoms with van der Waals surface area (Å²) in [5, 5.41) is 0. The maximum Gasteiger partial charge on any atom is 0.133 e. The Kier molecular flexibility index (Phi) is 4.37. The molecule has 0 radical (unpaired) electrons. The summed E-state index contributed by atoms with van der Waals surface area (Å²) in [6.45, 7) is 2.25. The van der Waals surface area contributed by atoms with Crippen molar-refractivity contribution in [3.63, 3.8) is 0 Å². The van der Waals surface area contributed by atoms with Crippen LogP contribution < -0.4 is 4.90 Å². The lowest BCUT2D eigenvalue weighted by Crippen LogP contribution is -2.35. The van der Waals surface area contributed by atoms with Crippen molar-refractivity contribution in [3.05, 3.63) is 53.5 Å². The van der Waals surface area contributed by atoms with E-state index in [1.54, 1.807) is 0 Å². The number of anilines is 1. The Morgan fingerprint density at radius 3 is 2.80 bits per heavy atom. The first-order valence-electron chi connectivity index (χ1n) is 8.82. The smallest absolute Gasteiger partial charge is 0.133 e. The maximum atomic E-state index is 13.9. The number of likely N-dealkylation sites (tertiary alicyclic amines) is 1. The van der Waals surface area contributed by atoms with Gasteiger partial charge in [0.15, 0.2) is 0 Å². The van der Waals surface area contributed by atoms with Crippen LogP contribution in [-0.4, -0.2) is 41.0 Å². The third-order valence-electron chi connectivity index (χ3n) is 5.17. The highest BCUT2D eigenvalue weighted by atomic mass is 19.1. The van der Waals surface area contributed by atoms with Crippen molar-refractivity contribution in [2.75, 3.05) is 25.0 Å². The number of benzene rings is 1. The Morgan fingerprint density at radius 1 is 1.20 bits per heavy atom. The van der Waals surface area contributed by atoms with Crippen LogP contribution in [0.25, 0.3) is 0 Å². The Balaban J connectivity index is 1.40. The lowest BCUT2D eigenvalue weighted by Gasteiger charge is -2.26. The normalized spacial score (nSPS) is 20.8. The molecule has 25 heavy (non-hydrogen) atoms. The minimum absolute atomic E-state index is 0.338. The molecule has 2 aliphatic rings. The highest BCUT2D eigenvalue weighted by molar-refractivity contribution is 5.39. The van der Waals surface area contributed by atoms with E-state index < -0.39 is 11.6 Å². The van der Waals surface area contributed by atoms with Gasteiger partial charge in [-0.25, -0.2) is 18.7 Å². The van der Waals surface area contributed by atoms with Crippen molar-refractivity contribution in [2.24, 2.45) is 0 Å². The van der Waals surface area contributed by atoms with Crippen LogP contribution >= 0.6 is 0 Å². The number of aromatic nitrogens is 2. The molecule has 1 saturated heterocycles. The molecule has 1 aromatic carbocycles. The van der Waals surface area contributed by atoms with Gasteiger partial charge >= 0.3 is 0 Å². The van der Waals surface area contributed by atoms with Gasteiger partial charge in [-0.05, 0) is 31.4 Å². The molecule has 1 aromatic heterocycles. The van der Waals surface area contributed by atoms with Gasteiger partial charge in [0.05, 0.1) is 0 Å². The fourth-order valence-corrected chi connectivity index (χ4v) is 3.45. The van der Waals surface area contributed by atoms with Gasteiger partial charge < -0.3 is 4.90 Å². The molecule has 4 rings (SSSR count). The molecule has 2 fully saturated rings. The van der Waals surface area contributed by atoms with Crippen LogP contribution in [0, 0.1) is 11.6 Å². The summed E-state index contributed by atoms with van der Waals surface area (Å²) >= 11 is 0.